The van der Waals surface area contributed by atoms with E-state index in [2.05, 4.69) is 16.0 Å². The Hall–Kier alpha value is -4.50. The molecule has 198 valence electrons. The van der Waals surface area contributed by atoms with E-state index in [0.717, 1.165) is 16.7 Å². The summed E-state index contributed by atoms with van der Waals surface area (Å²) in [6.45, 7) is -0.585. The molecule has 0 saturated heterocycles. The molecular formula is C29H32N4O5. The van der Waals surface area contributed by atoms with E-state index in [-0.39, 0.29) is 12.8 Å². The molecule has 0 heterocycles. The Morgan fingerprint density at radius 1 is 0.605 bits per heavy atom. The van der Waals surface area contributed by atoms with E-state index in [0.29, 0.717) is 6.42 Å². The molecule has 6 N–H and O–H groups in total. The van der Waals surface area contributed by atoms with E-state index >= 15 is 0 Å². The molecule has 38 heavy (non-hydrogen) atoms. The lowest BCUT2D eigenvalue weighted by Gasteiger charge is -2.24. The predicted octanol–water partition coefficient (Wildman–Crippen LogP) is 1.21. The van der Waals surface area contributed by atoms with Crippen LogP contribution in [0.25, 0.3) is 0 Å². The Kier molecular flexibility index (Phi) is 10.6. The minimum absolute atomic E-state index is 0.136. The van der Waals surface area contributed by atoms with Gasteiger partial charge in [-0.25, -0.2) is 0 Å². The second-order valence-corrected chi connectivity index (χ2v) is 8.91. The molecule has 9 heteroatoms. The van der Waals surface area contributed by atoms with Gasteiger partial charge in [0.05, 0.1) is 6.04 Å². The first-order chi connectivity index (χ1) is 18.3. The SMILES string of the molecule is N[C@@H](Cc1ccccc1)C(=O)N[C@@H](Cc1ccccc1)C(=O)N[C@@H](Cc1ccccc1)C(=O)NCC(=O)O. The number of amides is 3. The van der Waals surface area contributed by atoms with Crippen molar-refractivity contribution in [1.82, 2.24) is 16.0 Å². The van der Waals surface area contributed by atoms with Gasteiger partial charge in [0.1, 0.15) is 18.6 Å². The minimum Gasteiger partial charge on any atom is -0.480 e. The molecule has 0 aliphatic carbocycles. The fourth-order valence-electron chi connectivity index (χ4n) is 3.92. The van der Waals surface area contributed by atoms with Gasteiger partial charge in [-0.1, -0.05) is 91.0 Å². The number of hydrogen-bond donors (Lipinski definition) is 5. The zero-order chi connectivity index (χ0) is 27.3. The van der Waals surface area contributed by atoms with E-state index in [1.54, 1.807) is 24.3 Å². The number of aliphatic carboxylic acids is 1. The second kappa shape index (κ2) is 14.3. The molecule has 0 radical (unpaired) electrons. The van der Waals surface area contributed by atoms with Crippen LogP contribution >= 0.6 is 0 Å². The van der Waals surface area contributed by atoms with Crippen LogP contribution in [0.1, 0.15) is 16.7 Å². The molecule has 3 amide bonds. The van der Waals surface area contributed by atoms with Gasteiger partial charge in [-0.3, -0.25) is 19.2 Å². The van der Waals surface area contributed by atoms with E-state index < -0.39 is 48.4 Å². The molecule has 3 aromatic rings. The fourth-order valence-corrected chi connectivity index (χ4v) is 3.92. The van der Waals surface area contributed by atoms with Crippen molar-refractivity contribution in [2.45, 2.75) is 37.4 Å². The summed E-state index contributed by atoms with van der Waals surface area (Å²) in [4.78, 5) is 50.2. The highest BCUT2D eigenvalue weighted by molar-refractivity contribution is 5.94. The molecule has 0 fully saturated rings. The van der Waals surface area contributed by atoms with Gasteiger partial charge in [0.15, 0.2) is 0 Å². The molecule has 3 aromatic carbocycles. The number of nitrogens with two attached hydrogens (primary N) is 1. The molecule has 0 unspecified atom stereocenters. The van der Waals surface area contributed by atoms with Crippen molar-refractivity contribution in [3.05, 3.63) is 108 Å². The molecule has 0 bridgehead atoms. The maximum absolute atomic E-state index is 13.4. The van der Waals surface area contributed by atoms with Crippen LogP contribution < -0.4 is 21.7 Å². The van der Waals surface area contributed by atoms with E-state index in [4.69, 9.17) is 10.8 Å². The molecule has 0 aliphatic heterocycles. The maximum atomic E-state index is 13.4. The molecular weight excluding hydrogens is 484 g/mol. The largest absolute Gasteiger partial charge is 0.480 e. The molecule has 0 spiro atoms. The highest BCUT2D eigenvalue weighted by Gasteiger charge is 2.29. The minimum atomic E-state index is -1.20. The van der Waals surface area contributed by atoms with Crippen LogP contribution in [0, 0.1) is 0 Å². The third-order valence-electron chi connectivity index (χ3n) is 5.88. The summed E-state index contributed by atoms with van der Waals surface area (Å²) in [7, 11) is 0. The van der Waals surface area contributed by atoms with Gasteiger partial charge in [0.2, 0.25) is 17.7 Å². The van der Waals surface area contributed by atoms with Crippen LogP contribution in [-0.4, -0.2) is 53.5 Å². The number of carboxylic acid groups (broad SMARTS) is 1. The van der Waals surface area contributed by atoms with Crippen molar-refractivity contribution >= 4 is 23.7 Å². The predicted molar refractivity (Wildman–Crippen MR) is 143 cm³/mol. The van der Waals surface area contributed by atoms with Gasteiger partial charge in [-0.05, 0) is 23.1 Å². The maximum Gasteiger partial charge on any atom is 0.322 e. The number of benzene rings is 3. The highest BCUT2D eigenvalue weighted by Crippen LogP contribution is 2.08. The number of nitrogens with one attached hydrogen (secondary N) is 3. The average Bonchev–Trinajstić information content (AvgIpc) is 2.92. The Morgan fingerprint density at radius 3 is 1.45 bits per heavy atom. The third-order valence-corrected chi connectivity index (χ3v) is 5.88. The molecule has 3 atom stereocenters. The lowest BCUT2D eigenvalue weighted by atomic mass is 10.0. The second-order valence-electron chi connectivity index (χ2n) is 8.91. The Balaban J connectivity index is 1.77. The normalized spacial score (nSPS) is 13.0. The van der Waals surface area contributed by atoms with Crippen LogP contribution in [0.15, 0.2) is 91.0 Å². The van der Waals surface area contributed by atoms with Crippen LogP contribution in [0.4, 0.5) is 0 Å². The van der Waals surface area contributed by atoms with E-state index in [1.807, 2.05) is 66.7 Å². The van der Waals surface area contributed by atoms with Gasteiger partial charge < -0.3 is 26.8 Å². The summed E-state index contributed by atoms with van der Waals surface area (Å²) in [5.41, 5.74) is 8.61. The molecule has 9 nitrogen and oxygen atoms in total. The van der Waals surface area contributed by atoms with Crippen LogP contribution in [-0.2, 0) is 38.4 Å². The number of carboxylic acids is 1. The first kappa shape index (κ1) is 28.1. The van der Waals surface area contributed by atoms with Crippen molar-refractivity contribution in [2.75, 3.05) is 6.54 Å². The topological polar surface area (TPSA) is 151 Å². The number of carbonyl (C=O) groups excluding carboxylic acids is 3. The quantitative estimate of drug-likeness (QED) is 0.230. The number of rotatable bonds is 13. The average molecular weight is 517 g/mol. The first-order valence-corrected chi connectivity index (χ1v) is 12.3. The van der Waals surface area contributed by atoms with Gasteiger partial charge in [0.25, 0.3) is 0 Å². The van der Waals surface area contributed by atoms with Gasteiger partial charge in [-0.2, -0.15) is 0 Å². The summed E-state index contributed by atoms with van der Waals surface area (Å²) in [6.07, 6.45) is 0.601. The van der Waals surface area contributed by atoms with E-state index in [9.17, 15) is 19.2 Å². The highest BCUT2D eigenvalue weighted by atomic mass is 16.4. The smallest absolute Gasteiger partial charge is 0.322 e. The van der Waals surface area contributed by atoms with Crippen molar-refractivity contribution < 1.29 is 24.3 Å². The van der Waals surface area contributed by atoms with Crippen LogP contribution in [0.5, 0.6) is 0 Å². The Labute approximate surface area is 221 Å². The zero-order valence-electron chi connectivity index (χ0n) is 20.9. The van der Waals surface area contributed by atoms with E-state index in [1.165, 1.54) is 0 Å². The summed E-state index contributed by atoms with van der Waals surface area (Å²) >= 11 is 0. The van der Waals surface area contributed by atoms with Crippen molar-refractivity contribution in [3.8, 4) is 0 Å². The number of hydrogen-bond acceptors (Lipinski definition) is 5. The Morgan fingerprint density at radius 2 is 1.00 bits per heavy atom. The number of carbonyl (C=O) groups is 4. The van der Waals surface area contributed by atoms with Gasteiger partial charge in [-0.15, -0.1) is 0 Å². The molecule has 3 rings (SSSR count). The zero-order valence-corrected chi connectivity index (χ0v) is 20.9. The van der Waals surface area contributed by atoms with Crippen molar-refractivity contribution in [1.29, 1.82) is 0 Å². The third kappa shape index (κ3) is 9.18. The summed E-state index contributed by atoms with van der Waals surface area (Å²) in [6, 6.07) is 24.5. The standard InChI is InChI=1S/C29H32N4O5/c30-23(16-20-10-4-1-5-11-20)27(36)32-25(18-22-14-8-3-9-15-22)29(38)33-24(28(37)31-19-26(34)35)17-21-12-6-2-7-13-21/h1-15,23-25H,16-19,30H2,(H,31,37)(H,32,36)(H,33,38)(H,34,35)/t23-,24-,25-/m0/s1. The van der Waals surface area contributed by atoms with Crippen LogP contribution in [0.3, 0.4) is 0 Å². The Bertz CT molecular complexity index is 1210. The van der Waals surface area contributed by atoms with Gasteiger partial charge in [0, 0.05) is 12.8 Å². The summed E-state index contributed by atoms with van der Waals surface area (Å²) < 4.78 is 0. The van der Waals surface area contributed by atoms with Crippen molar-refractivity contribution in [3.63, 3.8) is 0 Å². The first-order valence-electron chi connectivity index (χ1n) is 12.3. The fraction of sp³-hybridized carbons (Fsp3) is 0.241. The summed E-state index contributed by atoms with van der Waals surface area (Å²) in [5, 5.41) is 16.7. The summed E-state index contributed by atoms with van der Waals surface area (Å²) in [5.74, 6) is -2.93. The van der Waals surface area contributed by atoms with Crippen molar-refractivity contribution in [2.24, 2.45) is 5.73 Å². The lowest BCUT2D eigenvalue weighted by molar-refractivity contribution is -0.138. The molecule has 0 saturated carbocycles. The monoisotopic (exact) mass is 516 g/mol. The lowest BCUT2D eigenvalue weighted by Crippen LogP contribution is -2.57. The molecule has 0 aromatic heterocycles. The van der Waals surface area contributed by atoms with Gasteiger partial charge >= 0.3 is 5.97 Å². The van der Waals surface area contributed by atoms with Crippen LogP contribution in [0.2, 0.25) is 0 Å². The molecule has 0 aliphatic rings.